The predicted octanol–water partition coefficient (Wildman–Crippen LogP) is 4.43. The second-order valence-electron chi connectivity index (χ2n) is 7.14. The lowest BCUT2D eigenvalue weighted by Crippen LogP contribution is -2.66. The fourth-order valence-electron chi connectivity index (χ4n) is 4.03. The number of piperazine rings is 1. The number of hydrogen-bond donors (Lipinski definition) is 1. The summed E-state index contributed by atoms with van der Waals surface area (Å²) in [6.45, 7) is 7.01. The van der Waals surface area contributed by atoms with Gasteiger partial charge >= 0.3 is 0 Å². The van der Waals surface area contributed by atoms with Crippen LogP contribution in [0.15, 0.2) is 24.3 Å². The van der Waals surface area contributed by atoms with Gasteiger partial charge in [0.1, 0.15) is 0 Å². The van der Waals surface area contributed by atoms with Gasteiger partial charge in [0.2, 0.25) is 0 Å². The van der Waals surface area contributed by atoms with E-state index in [0.29, 0.717) is 17.5 Å². The maximum atomic E-state index is 3.94. The molecule has 1 aromatic carbocycles. The van der Waals surface area contributed by atoms with Crippen LogP contribution in [0.3, 0.4) is 0 Å². The molecule has 1 spiro atoms. The summed E-state index contributed by atoms with van der Waals surface area (Å²) in [5.41, 5.74) is 1.78. The van der Waals surface area contributed by atoms with Crippen molar-refractivity contribution in [1.29, 1.82) is 0 Å². The van der Waals surface area contributed by atoms with Gasteiger partial charge in [0.05, 0.1) is 0 Å². The monoisotopic (exact) mass is 398 g/mol. The number of rotatable bonds is 2. The second kappa shape index (κ2) is 6.45. The van der Waals surface area contributed by atoms with Crippen molar-refractivity contribution in [1.82, 2.24) is 5.32 Å². The zero-order valence-corrected chi connectivity index (χ0v) is 15.4. The van der Waals surface area contributed by atoms with Crippen LogP contribution in [0.25, 0.3) is 0 Å². The Morgan fingerprint density at radius 1 is 1.24 bits per heavy atom. The van der Waals surface area contributed by atoms with E-state index in [0.717, 1.165) is 6.54 Å². The summed E-state index contributed by atoms with van der Waals surface area (Å²) in [6.07, 6.45) is 6.88. The van der Waals surface area contributed by atoms with E-state index in [1.54, 1.807) is 0 Å². The average Bonchev–Trinajstić information content (AvgIpc) is 2.48. The first-order chi connectivity index (χ1) is 10.1. The van der Waals surface area contributed by atoms with Gasteiger partial charge < -0.3 is 10.2 Å². The van der Waals surface area contributed by atoms with Crippen LogP contribution in [0.2, 0.25) is 0 Å². The van der Waals surface area contributed by atoms with Crippen LogP contribution in [-0.4, -0.2) is 24.7 Å². The van der Waals surface area contributed by atoms with Crippen LogP contribution in [0.5, 0.6) is 0 Å². The topological polar surface area (TPSA) is 15.3 Å². The third-order valence-corrected chi connectivity index (χ3v) is 5.95. The molecule has 1 saturated carbocycles. The molecule has 3 heteroatoms. The lowest BCUT2D eigenvalue weighted by molar-refractivity contribution is 0.184. The number of nitrogens with zero attached hydrogens (tertiary/aromatic N) is 1. The Morgan fingerprint density at radius 2 is 2.00 bits per heavy atom. The van der Waals surface area contributed by atoms with Crippen molar-refractivity contribution in [3.8, 4) is 0 Å². The zero-order valence-electron chi connectivity index (χ0n) is 13.2. The molecule has 2 fully saturated rings. The Bertz CT molecular complexity index is 480. The highest BCUT2D eigenvalue weighted by Crippen LogP contribution is 2.35. The SMILES string of the molecule is CC(C)C1CNC2(CCCCC2)CN1c1cccc(I)c1. The summed E-state index contributed by atoms with van der Waals surface area (Å²) in [5.74, 6) is 0.677. The van der Waals surface area contributed by atoms with E-state index >= 15 is 0 Å². The van der Waals surface area contributed by atoms with Crippen molar-refractivity contribution in [2.75, 3.05) is 18.0 Å². The van der Waals surface area contributed by atoms with Gasteiger partial charge in [0.15, 0.2) is 0 Å². The lowest BCUT2D eigenvalue weighted by atomic mass is 9.78. The molecule has 1 aromatic rings. The Hall–Kier alpha value is -0.290. The van der Waals surface area contributed by atoms with E-state index in [1.807, 2.05) is 0 Å². The van der Waals surface area contributed by atoms with Crippen molar-refractivity contribution in [2.24, 2.45) is 5.92 Å². The van der Waals surface area contributed by atoms with Crippen LogP contribution >= 0.6 is 22.6 Å². The molecule has 0 bridgehead atoms. The molecule has 1 aliphatic heterocycles. The number of anilines is 1. The number of benzene rings is 1. The molecule has 1 atom stereocenters. The molecule has 1 heterocycles. The van der Waals surface area contributed by atoms with Crippen molar-refractivity contribution < 1.29 is 0 Å². The first kappa shape index (κ1) is 15.6. The summed E-state index contributed by atoms with van der Waals surface area (Å²) < 4.78 is 1.34. The summed E-state index contributed by atoms with van der Waals surface area (Å²) in [7, 11) is 0. The third-order valence-electron chi connectivity index (χ3n) is 5.28. The molecular formula is C18H27IN2. The van der Waals surface area contributed by atoms with Gasteiger partial charge in [-0.25, -0.2) is 0 Å². The molecule has 1 N–H and O–H groups in total. The molecule has 2 nitrogen and oxygen atoms in total. The summed E-state index contributed by atoms with van der Waals surface area (Å²) >= 11 is 2.43. The standard InChI is InChI=1S/C18H27IN2/c1-14(2)17-12-20-18(9-4-3-5-10-18)13-21(17)16-8-6-7-15(19)11-16/h6-8,11,14,17,20H,3-5,9-10,12-13H2,1-2H3. The van der Waals surface area contributed by atoms with Gasteiger partial charge in [0.25, 0.3) is 0 Å². The molecule has 1 saturated heterocycles. The van der Waals surface area contributed by atoms with Crippen LogP contribution < -0.4 is 10.2 Å². The maximum absolute atomic E-state index is 3.94. The Balaban J connectivity index is 1.87. The lowest BCUT2D eigenvalue weighted by Gasteiger charge is -2.52. The molecule has 2 aliphatic rings. The van der Waals surface area contributed by atoms with Crippen LogP contribution in [-0.2, 0) is 0 Å². The van der Waals surface area contributed by atoms with Crippen LogP contribution in [0, 0.1) is 9.49 Å². The first-order valence-corrected chi connectivity index (χ1v) is 9.45. The normalized spacial score (nSPS) is 25.5. The minimum absolute atomic E-state index is 0.366. The Morgan fingerprint density at radius 3 is 2.67 bits per heavy atom. The highest BCUT2D eigenvalue weighted by atomic mass is 127. The third kappa shape index (κ3) is 3.39. The van der Waals surface area contributed by atoms with Crippen molar-refractivity contribution in [2.45, 2.75) is 57.5 Å². The number of halogens is 1. The van der Waals surface area contributed by atoms with E-state index in [9.17, 15) is 0 Å². The first-order valence-electron chi connectivity index (χ1n) is 8.37. The Kier molecular flexibility index (Phi) is 4.79. The van der Waals surface area contributed by atoms with E-state index in [1.165, 1.54) is 47.9 Å². The highest BCUT2D eigenvalue weighted by molar-refractivity contribution is 14.1. The second-order valence-corrected chi connectivity index (χ2v) is 8.39. The van der Waals surface area contributed by atoms with Crippen LogP contribution in [0.1, 0.15) is 46.0 Å². The van der Waals surface area contributed by atoms with E-state index in [-0.39, 0.29) is 0 Å². The van der Waals surface area contributed by atoms with E-state index < -0.39 is 0 Å². The molecule has 1 unspecified atom stereocenters. The largest absolute Gasteiger partial charge is 0.365 e. The predicted molar refractivity (Wildman–Crippen MR) is 98.9 cm³/mol. The fraction of sp³-hybridized carbons (Fsp3) is 0.667. The fourth-order valence-corrected chi connectivity index (χ4v) is 4.55. The molecule has 116 valence electrons. The van der Waals surface area contributed by atoms with Gasteiger partial charge in [-0.1, -0.05) is 39.2 Å². The van der Waals surface area contributed by atoms with Crippen molar-refractivity contribution >= 4 is 28.3 Å². The molecule has 0 radical (unpaired) electrons. The van der Waals surface area contributed by atoms with E-state index in [4.69, 9.17) is 0 Å². The van der Waals surface area contributed by atoms with Crippen LogP contribution in [0.4, 0.5) is 5.69 Å². The van der Waals surface area contributed by atoms with Crippen molar-refractivity contribution in [3.05, 3.63) is 27.8 Å². The van der Waals surface area contributed by atoms with Gasteiger partial charge in [-0.15, -0.1) is 0 Å². The Labute approximate surface area is 142 Å². The maximum Gasteiger partial charge on any atom is 0.0438 e. The number of hydrogen-bond acceptors (Lipinski definition) is 2. The molecule has 3 rings (SSSR count). The van der Waals surface area contributed by atoms with Gasteiger partial charge in [-0.05, 0) is 59.5 Å². The number of nitrogens with one attached hydrogen (secondary N) is 1. The minimum Gasteiger partial charge on any atom is -0.365 e. The van der Waals surface area contributed by atoms with Gasteiger partial charge in [-0.2, -0.15) is 0 Å². The summed E-state index contributed by atoms with van der Waals surface area (Å²) in [4.78, 5) is 2.69. The smallest absolute Gasteiger partial charge is 0.0438 e. The zero-order chi connectivity index (χ0) is 14.9. The van der Waals surface area contributed by atoms with Gasteiger partial charge in [-0.3, -0.25) is 0 Å². The van der Waals surface area contributed by atoms with E-state index in [2.05, 4.69) is 70.9 Å². The average molecular weight is 398 g/mol. The van der Waals surface area contributed by atoms with Crippen molar-refractivity contribution in [3.63, 3.8) is 0 Å². The molecule has 1 aliphatic carbocycles. The highest BCUT2D eigenvalue weighted by Gasteiger charge is 2.40. The summed E-state index contributed by atoms with van der Waals surface area (Å²) in [6, 6.07) is 9.63. The minimum atomic E-state index is 0.366. The quantitative estimate of drug-likeness (QED) is 0.742. The molecule has 0 amide bonds. The summed E-state index contributed by atoms with van der Waals surface area (Å²) in [5, 5.41) is 3.94. The molecular weight excluding hydrogens is 371 g/mol. The van der Waals surface area contributed by atoms with Gasteiger partial charge in [0, 0.05) is 33.9 Å². The molecule has 21 heavy (non-hydrogen) atoms. The molecule has 0 aromatic heterocycles.